The van der Waals surface area contributed by atoms with Crippen molar-refractivity contribution in [2.75, 3.05) is 0 Å². The van der Waals surface area contributed by atoms with Gasteiger partial charge in [-0.15, -0.1) is 0 Å². The topological polar surface area (TPSA) is 35.5 Å². The van der Waals surface area contributed by atoms with Crippen molar-refractivity contribution in [3.05, 3.63) is 35.4 Å². The minimum atomic E-state index is -2.19. The van der Waals surface area contributed by atoms with Crippen LogP contribution in [0.4, 0.5) is 0 Å². The quantitative estimate of drug-likeness (QED) is 0.136. The molecule has 5 heteroatoms. The Morgan fingerprint density at radius 1 is 0.878 bits per heavy atom. The van der Waals surface area contributed by atoms with Crippen LogP contribution in [0.25, 0.3) is 0 Å². The van der Waals surface area contributed by atoms with Crippen LogP contribution in [0, 0.1) is 5.92 Å². The summed E-state index contributed by atoms with van der Waals surface area (Å²) < 4.78 is 14.5. The minimum absolute atomic E-state index is 0.0144. The molecule has 3 nitrogen and oxygen atoms in total. The molecule has 0 radical (unpaired) electrons. The van der Waals surface area contributed by atoms with Gasteiger partial charge in [0.2, 0.25) is 16.6 Å². The van der Waals surface area contributed by atoms with E-state index < -0.39 is 16.6 Å². The third-order valence-corrected chi connectivity index (χ3v) is 19.2. The van der Waals surface area contributed by atoms with Gasteiger partial charge in [0.05, 0.1) is 0 Å². The molecule has 1 saturated carbocycles. The number of unbranched alkanes of at least 4 members (excludes halogenated alkanes) is 3. The Bertz CT molecular complexity index is 1020. The highest BCUT2D eigenvalue weighted by Crippen LogP contribution is 2.52. The molecule has 1 aromatic rings. The van der Waals surface area contributed by atoms with E-state index in [2.05, 4.69) is 114 Å². The molecule has 0 N–H and O–H groups in total. The molecule has 0 aromatic heterocycles. The van der Waals surface area contributed by atoms with Gasteiger partial charge in [-0.25, -0.2) is 0 Å². The van der Waals surface area contributed by atoms with Gasteiger partial charge in [0.25, 0.3) is 0 Å². The number of carbonyl (C=O) groups excluding carboxylic acids is 1. The third kappa shape index (κ3) is 8.84. The van der Waals surface area contributed by atoms with Gasteiger partial charge in [0, 0.05) is 24.3 Å². The number of hydrogen-bond acceptors (Lipinski definition) is 3. The predicted octanol–water partition coefficient (Wildman–Crippen LogP) is 11.7. The van der Waals surface area contributed by atoms with E-state index in [0.29, 0.717) is 18.6 Å². The molecule has 0 bridgehead atoms. The predicted molar refractivity (Wildman–Crippen MR) is 184 cm³/mol. The first-order valence-corrected chi connectivity index (χ1v) is 22.1. The maximum Gasteiger partial charge on any atom is 0.250 e. The van der Waals surface area contributed by atoms with Crippen molar-refractivity contribution in [3.63, 3.8) is 0 Å². The van der Waals surface area contributed by atoms with Gasteiger partial charge in [-0.2, -0.15) is 0 Å². The van der Waals surface area contributed by atoms with Crippen LogP contribution < -0.4 is 8.85 Å². The molecule has 0 aliphatic heterocycles. The van der Waals surface area contributed by atoms with Crippen LogP contribution in [-0.2, 0) is 10.2 Å². The summed E-state index contributed by atoms with van der Waals surface area (Å²) in [6.07, 6.45) is 8.15. The van der Waals surface area contributed by atoms with Crippen molar-refractivity contribution in [1.29, 1.82) is 0 Å². The fraction of sp³-hybridized carbons (Fsp3) is 0.750. The second kappa shape index (κ2) is 13.1. The first-order chi connectivity index (χ1) is 18.5. The zero-order chi connectivity index (χ0) is 31.6. The average Bonchev–Trinajstić information content (AvgIpc) is 2.79. The largest absolute Gasteiger partial charge is 0.543 e. The summed E-state index contributed by atoms with van der Waals surface area (Å²) in [4.78, 5) is 13.0. The number of ketones is 1. The molecule has 0 unspecified atom stereocenters. The van der Waals surface area contributed by atoms with Crippen LogP contribution in [0.15, 0.2) is 24.3 Å². The number of rotatable bonds is 12. The summed E-state index contributed by atoms with van der Waals surface area (Å²) in [7, 11) is -4.39. The van der Waals surface area contributed by atoms with E-state index in [1.165, 1.54) is 31.2 Å². The highest BCUT2D eigenvalue weighted by Gasteiger charge is 2.44. The van der Waals surface area contributed by atoms with Crippen molar-refractivity contribution in [2.45, 2.75) is 168 Å². The molecular weight excluding hydrogens is 537 g/mol. The van der Waals surface area contributed by atoms with E-state index in [4.69, 9.17) is 8.85 Å². The molecule has 0 saturated heterocycles. The fourth-order valence-electron chi connectivity index (χ4n) is 5.42. The molecule has 0 spiro atoms. The van der Waals surface area contributed by atoms with Crippen molar-refractivity contribution in [2.24, 2.45) is 5.92 Å². The average molecular weight is 601 g/mol. The summed E-state index contributed by atoms with van der Waals surface area (Å²) in [5, 5.41) is 0.0963. The van der Waals surface area contributed by atoms with Gasteiger partial charge in [-0.05, 0) is 85.1 Å². The van der Waals surface area contributed by atoms with Gasteiger partial charge in [-0.1, -0.05) is 100 Å². The van der Waals surface area contributed by atoms with Crippen molar-refractivity contribution < 1.29 is 13.6 Å². The number of allylic oxidation sites excluding steroid dienone is 1. The standard InChI is InChI=1S/C36H64O3Si2/c1-16-17-18-19-22-36(10,11)27-23-31(38-40(12,13)34(4,5)6)33(30-25-28(37)20-21-29(30)26(2)3)32(24-27)39-41(14,15)35(7,8)9/h23-24,29-30H,2,16-22,25H2,1,3-15H3/t29-,30+/m1/s1. The Morgan fingerprint density at radius 2 is 1.37 bits per heavy atom. The van der Waals surface area contributed by atoms with Crippen LogP contribution in [0.3, 0.4) is 0 Å². The molecule has 0 heterocycles. The zero-order valence-electron chi connectivity index (χ0n) is 29.4. The zero-order valence-corrected chi connectivity index (χ0v) is 31.4. The van der Waals surface area contributed by atoms with Gasteiger partial charge < -0.3 is 8.85 Å². The van der Waals surface area contributed by atoms with E-state index in [1.54, 1.807) is 0 Å². The summed E-state index contributed by atoms with van der Waals surface area (Å²) in [6, 6.07) is 4.67. The first-order valence-electron chi connectivity index (χ1n) is 16.3. The highest BCUT2D eigenvalue weighted by molar-refractivity contribution is 6.75. The number of hydrogen-bond donors (Lipinski definition) is 0. The Kier molecular flexibility index (Phi) is 11.5. The lowest BCUT2D eigenvalue weighted by Gasteiger charge is -2.42. The monoisotopic (exact) mass is 600 g/mol. The Hall–Kier alpha value is -1.34. The lowest BCUT2D eigenvalue weighted by Crippen LogP contribution is -2.45. The molecular formula is C36H64O3Si2. The maximum absolute atomic E-state index is 13.0. The second-order valence-corrected chi connectivity index (χ2v) is 26.1. The third-order valence-electron chi connectivity index (χ3n) is 10.6. The smallest absolute Gasteiger partial charge is 0.250 e. The number of benzene rings is 1. The molecule has 41 heavy (non-hydrogen) atoms. The van der Waals surface area contributed by atoms with E-state index in [-0.39, 0.29) is 27.3 Å². The van der Waals surface area contributed by atoms with Crippen LogP contribution in [0.1, 0.15) is 138 Å². The maximum atomic E-state index is 13.0. The number of carbonyl (C=O) groups is 1. The summed E-state index contributed by atoms with van der Waals surface area (Å²) in [5.74, 6) is 2.51. The van der Waals surface area contributed by atoms with Gasteiger partial charge in [0.15, 0.2) is 0 Å². The molecule has 1 aliphatic rings. The van der Waals surface area contributed by atoms with Crippen LogP contribution >= 0.6 is 0 Å². The highest BCUT2D eigenvalue weighted by atomic mass is 28.4. The Labute approximate surface area is 256 Å². The summed E-state index contributed by atoms with van der Waals surface area (Å²) in [5.41, 5.74) is 3.54. The minimum Gasteiger partial charge on any atom is -0.543 e. The summed E-state index contributed by atoms with van der Waals surface area (Å²) >= 11 is 0. The molecule has 1 fully saturated rings. The van der Waals surface area contributed by atoms with Crippen LogP contribution in [0.2, 0.25) is 36.3 Å². The van der Waals surface area contributed by atoms with Crippen molar-refractivity contribution >= 4 is 22.4 Å². The fourth-order valence-corrected chi connectivity index (χ4v) is 7.47. The lowest BCUT2D eigenvalue weighted by atomic mass is 9.71. The van der Waals surface area contributed by atoms with Gasteiger partial charge in [0.1, 0.15) is 17.3 Å². The van der Waals surface area contributed by atoms with Gasteiger partial charge >= 0.3 is 0 Å². The van der Waals surface area contributed by atoms with Crippen molar-refractivity contribution in [1.82, 2.24) is 0 Å². The molecule has 234 valence electrons. The molecule has 1 aromatic carbocycles. The normalized spacial score (nSPS) is 19.3. The second-order valence-electron chi connectivity index (χ2n) is 16.6. The first kappa shape index (κ1) is 35.9. The van der Waals surface area contributed by atoms with Gasteiger partial charge in [-0.3, -0.25) is 4.79 Å². The molecule has 0 amide bonds. The van der Waals surface area contributed by atoms with Crippen LogP contribution in [-0.4, -0.2) is 22.4 Å². The van der Waals surface area contributed by atoms with E-state index in [1.807, 2.05) is 0 Å². The molecule has 1 aliphatic carbocycles. The van der Waals surface area contributed by atoms with E-state index >= 15 is 0 Å². The Morgan fingerprint density at radius 3 is 1.78 bits per heavy atom. The SMILES string of the molecule is C=C(C)[C@H]1CCC(=O)C[C@@H]1c1c(O[Si](C)(C)C(C)(C)C)cc(C(C)(C)CCCCCC)cc1O[Si](C)(C)C(C)(C)C. The van der Waals surface area contributed by atoms with E-state index in [0.717, 1.165) is 35.5 Å². The van der Waals surface area contributed by atoms with Crippen LogP contribution in [0.5, 0.6) is 11.5 Å². The molecule has 2 rings (SSSR count). The molecule has 2 atom stereocenters. The lowest BCUT2D eigenvalue weighted by molar-refractivity contribution is -0.121. The van der Waals surface area contributed by atoms with Crippen molar-refractivity contribution in [3.8, 4) is 11.5 Å². The number of Topliss-reactive ketones (excluding diaryl/α,β-unsaturated/α-hetero) is 1. The summed E-state index contributed by atoms with van der Waals surface area (Å²) in [6.45, 7) is 36.7. The van der Waals surface area contributed by atoms with E-state index in [9.17, 15) is 4.79 Å². The Balaban J connectivity index is 2.90.